The van der Waals surface area contributed by atoms with Crippen LogP contribution in [0.5, 0.6) is 0 Å². The molecule has 0 aromatic rings. The number of nitrogens with zero attached hydrogens (tertiary/aromatic N) is 1. The Morgan fingerprint density at radius 2 is 2.19 bits per heavy atom. The predicted octanol–water partition coefficient (Wildman–Crippen LogP) is 1.44. The molecule has 0 saturated carbocycles. The van der Waals surface area contributed by atoms with Crippen molar-refractivity contribution in [3.05, 3.63) is 0 Å². The van der Waals surface area contributed by atoms with E-state index in [0.717, 1.165) is 26.1 Å². The highest BCUT2D eigenvalue weighted by Gasteiger charge is 2.25. The summed E-state index contributed by atoms with van der Waals surface area (Å²) in [5, 5.41) is 0. The molecule has 0 aliphatic carbocycles. The Kier molecular flexibility index (Phi) is 5.50. The summed E-state index contributed by atoms with van der Waals surface area (Å²) in [4.78, 5) is 2.30. The first kappa shape index (κ1) is 14.2. The van der Waals surface area contributed by atoms with Gasteiger partial charge in [0.15, 0.2) is 0 Å². The van der Waals surface area contributed by atoms with Gasteiger partial charge >= 0.3 is 0 Å². The lowest BCUT2D eigenvalue weighted by molar-refractivity contribution is -0.0554. The van der Waals surface area contributed by atoms with E-state index in [1.54, 1.807) is 0 Å². The molecule has 0 radical (unpaired) electrons. The van der Waals surface area contributed by atoms with Crippen LogP contribution in [0.4, 0.5) is 0 Å². The van der Waals surface area contributed by atoms with E-state index in [9.17, 15) is 8.42 Å². The third-order valence-corrected chi connectivity index (χ3v) is 4.13. The Hall–Kier alpha value is 0.160. The molecule has 0 spiro atoms. The molecule has 0 N–H and O–H groups in total. The summed E-state index contributed by atoms with van der Waals surface area (Å²) >= 11 is 0. The third-order valence-electron chi connectivity index (χ3n) is 2.89. The van der Waals surface area contributed by atoms with Crippen molar-refractivity contribution in [3.63, 3.8) is 0 Å². The maximum absolute atomic E-state index is 10.8. The maximum Gasteiger partial charge on any atom is 0.232 e. The molecular weight excluding hydrogens is 250 g/mol. The molecule has 0 aromatic heterocycles. The number of rotatable bonds is 5. The lowest BCUT2D eigenvalue weighted by Crippen LogP contribution is -2.48. The lowest BCUT2D eigenvalue weighted by Gasteiger charge is -2.38. The van der Waals surface area contributed by atoms with Crippen LogP contribution < -0.4 is 0 Å². The molecule has 2 unspecified atom stereocenters. The van der Waals surface area contributed by atoms with Crippen LogP contribution in [0, 0.1) is 0 Å². The van der Waals surface area contributed by atoms with Crippen LogP contribution in [0.2, 0.25) is 0 Å². The molecular formula is C10H20ClNO3S. The lowest BCUT2D eigenvalue weighted by atomic mass is 10.1. The van der Waals surface area contributed by atoms with Gasteiger partial charge in [-0.1, -0.05) is 6.92 Å². The van der Waals surface area contributed by atoms with Gasteiger partial charge < -0.3 is 4.74 Å². The summed E-state index contributed by atoms with van der Waals surface area (Å²) < 4.78 is 27.2. The first-order valence-electron chi connectivity index (χ1n) is 5.70. The molecule has 1 aliphatic heterocycles. The average Bonchev–Trinajstić information content (AvgIpc) is 2.16. The topological polar surface area (TPSA) is 46.6 Å². The van der Waals surface area contributed by atoms with E-state index in [1.807, 2.05) is 6.92 Å². The van der Waals surface area contributed by atoms with Crippen molar-refractivity contribution in [1.82, 2.24) is 4.90 Å². The van der Waals surface area contributed by atoms with Crippen LogP contribution in [0.1, 0.15) is 26.7 Å². The fourth-order valence-corrected chi connectivity index (χ4v) is 2.80. The molecule has 0 bridgehead atoms. The summed E-state index contributed by atoms with van der Waals surface area (Å²) in [7, 11) is 1.83. The maximum atomic E-state index is 10.8. The van der Waals surface area contributed by atoms with Crippen molar-refractivity contribution in [2.75, 3.05) is 25.4 Å². The standard InChI is InChI=1S/C10H20ClNO3S/c1-3-10-8-15-9(2)7-12(10)5-4-6-16(11,13)14/h9-10H,3-8H2,1-2H3. The minimum absolute atomic E-state index is 0.0523. The highest BCUT2D eigenvalue weighted by atomic mass is 35.7. The van der Waals surface area contributed by atoms with Gasteiger partial charge in [-0.2, -0.15) is 0 Å². The zero-order valence-electron chi connectivity index (χ0n) is 9.86. The normalized spacial score (nSPS) is 28.2. The zero-order valence-corrected chi connectivity index (χ0v) is 11.4. The van der Waals surface area contributed by atoms with Crippen LogP contribution in [-0.2, 0) is 13.8 Å². The van der Waals surface area contributed by atoms with Gasteiger partial charge in [0.1, 0.15) is 0 Å². The first-order valence-corrected chi connectivity index (χ1v) is 8.18. The molecule has 0 aromatic carbocycles. The second-order valence-corrected chi connectivity index (χ2v) is 7.19. The second kappa shape index (κ2) is 6.19. The van der Waals surface area contributed by atoms with E-state index >= 15 is 0 Å². The van der Waals surface area contributed by atoms with E-state index in [1.165, 1.54) is 0 Å². The monoisotopic (exact) mass is 269 g/mol. The van der Waals surface area contributed by atoms with E-state index < -0.39 is 9.05 Å². The number of halogens is 1. The summed E-state index contributed by atoms with van der Waals surface area (Å²) in [6, 6.07) is 0.411. The SMILES string of the molecule is CCC1COC(C)CN1CCCS(=O)(=O)Cl. The van der Waals surface area contributed by atoms with Crippen LogP contribution >= 0.6 is 10.7 Å². The Morgan fingerprint density at radius 1 is 1.50 bits per heavy atom. The second-order valence-electron chi connectivity index (χ2n) is 4.30. The molecule has 1 fully saturated rings. The average molecular weight is 270 g/mol. The smallest absolute Gasteiger partial charge is 0.232 e. The van der Waals surface area contributed by atoms with Crippen LogP contribution in [-0.4, -0.2) is 50.9 Å². The Labute approximate surface area is 102 Å². The number of hydrogen-bond acceptors (Lipinski definition) is 4. The molecule has 0 amide bonds. The Morgan fingerprint density at radius 3 is 2.75 bits per heavy atom. The molecule has 1 rings (SSSR count). The van der Waals surface area contributed by atoms with Gasteiger partial charge in [-0.15, -0.1) is 0 Å². The van der Waals surface area contributed by atoms with Crippen molar-refractivity contribution < 1.29 is 13.2 Å². The van der Waals surface area contributed by atoms with Crippen LogP contribution in [0.15, 0.2) is 0 Å². The summed E-state index contributed by atoms with van der Waals surface area (Å²) in [6.45, 7) is 6.55. The van der Waals surface area contributed by atoms with Gasteiger partial charge in [-0.3, -0.25) is 4.90 Å². The van der Waals surface area contributed by atoms with Gasteiger partial charge in [-0.05, 0) is 26.3 Å². The highest BCUT2D eigenvalue weighted by Crippen LogP contribution is 2.15. The molecule has 4 nitrogen and oxygen atoms in total. The fourth-order valence-electron chi connectivity index (χ4n) is 2.00. The van der Waals surface area contributed by atoms with Gasteiger partial charge in [0, 0.05) is 23.3 Å². The van der Waals surface area contributed by atoms with E-state index in [-0.39, 0.29) is 11.9 Å². The van der Waals surface area contributed by atoms with E-state index in [2.05, 4.69) is 11.8 Å². The van der Waals surface area contributed by atoms with Crippen LogP contribution in [0.3, 0.4) is 0 Å². The Balaban J connectivity index is 2.37. The van der Waals surface area contributed by atoms with Gasteiger partial charge in [0.25, 0.3) is 0 Å². The number of morpholine rings is 1. The van der Waals surface area contributed by atoms with Crippen molar-refractivity contribution in [2.45, 2.75) is 38.8 Å². The van der Waals surface area contributed by atoms with Gasteiger partial charge in [0.05, 0.1) is 18.5 Å². The van der Waals surface area contributed by atoms with Gasteiger partial charge in [-0.25, -0.2) is 8.42 Å². The van der Waals surface area contributed by atoms with E-state index in [0.29, 0.717) is 12.5 Å². The largest absolute Gasteiger partial charge is 0.376 e. The summed E-state index contributed by atoms with van der Waals surface area (Å²) in [5.41, 5.74) is 0. The fraction of sp³-hybridized carbons (Fsp3) is 1.00. The molecule has 1 saturated heterocycles. The zero-order chi connectivity index (χ0) is 12.2. The number of ether oxygens (including phenoxy) is 1. The summed E-state index contributed by atoms with van der Waals surface area (Å²) in [5.74, 6) is 0.0523. The molecule has 16 heavy (non-hydrogen) atoms. The van der Waals surface area contributed by atoms with Crippen molar-refractivity contribution >= 4 is 19.7 Å². The number of hydrogen-bond donors (Lipinski definition) is 0. The van der Waals surface area contributed by atoms with Crippen LogP contribution in [0.25, 0.3) is 0 Å². The molecule has 1 aliphatic rings. The third kappa shape index (κ3) is 4.99. The molecule has 1 heterocycles. The van der Waals surface area contributed by atoms with Crippen molar-refractivity contribution in [1.29, 1.82) is 0 Å². The van der Waals surface area contributed by atoms with Gasteiger partial charge in [0.2, 0.25) is 9.05 Å². The molecule has 96 valence electrons. The molecule has 2 atom stereocenters. The van der Waals surface area contributed by atoms with Crippen molar-refractivity contribution in [2.24, 2.45) is 0 Å². The predicted molar refractivity (Wildman–Crippen MR) is 65.3 cm³/mol. The molecule has 6 heteroatoms. The van der Waals surface area contributed by atoms with E-state index in [4.69, 9.17) is 15.4 Å². The van der Waals surface area contributed by atoms with Crippen molar-refractivity contribution in [3.8, 4) is 0 Å². The Bertz CT molecular complexity index is 307. The summed E-state index contributed by atoms with van der Waals surface area (Å²) in [6.07, 6.45) is 1.85. The minimum atomic E-state index is -3.35. The quantitative estimate of drug-likeness (QED) is 0.709. The first-order chi connectivity index (χ1) is 7.42. The highest BCUT2D eigenvalue weighted by molar-refractivity contribution is 8.13. The minimum Gasteiger partial charge on any atom is -0.376 e.